The average Bonchev–Trinajstić information content (AvgIpc) is 3.16. The molecule has 1 aromatic carbocycles. The number of amides is 2. The summed E-state index contributed by atoms with van der Waals surface area (Å²) in [5.41, 5.74) is -1.24. The lowest BCUT2D eigenvalue weighted by molar-refractivity contribution is -0.141. The van der Waals surface area contributed by atoms with Crippen LogP contribution in [-0.2, 0) is 11.0 Å². The van der Waals surface area contributed by atoms with Crippen LogP contribution in [-0.4, -0.2) is 45.8 Å². The van der Waals surface area contributed by atoms with E-state index in [0.717, 1.165) is 23.3 Å². The summed E-state index contributed by atoms with van der Waals surface area (Å²) in [6, 6.07) is 11.7. The molecule has 0 aliphatic carbocycles. The number of anilines is 1. The van der Waals surface area contributed by atoms with E-state index in [4.69, 9.17) is 4.84 Å². The molecule has 2 aromatic heterocycles. The molecule has 0 radical (unpaired) electrons. The highest BCUT2D eigenvalue weighted by Gasteiger charge is 2.33. The summed E-state index contributed by atoms with van der Waals surface area (Å²) >= 11 is 0. The molecule has 0 unspecified atom stereocenters. The predicted molar refractivity (Wildman–Crippen MR) is 99.9 cm³/mol. The Morgan fingerprint density at radius 1 is 1.10 bits per heavy atom. The van der Waals surface area contributed by atoms with Gasteiger partial charge in [-0.15, -0.1) is 0 Å². The van der Waals surface area contributed by atoms with E-state index in [1.165, 1.54) is 25.0 Å². The Bertz CT molecular complexity index is 1070. The maximum atomic E-state index is 12.9. The number of hydrogen-bond acceptors (Lipinski definition) is 5. The number of carbonyl (C=O) groups is 2. The van der Waals surface area contributed by atoms with Crippen LogP contribution >= 0.6 is 0 Å². The van der Waals surface area contributed by atoms with E-state index in [1.807, 2.05) is 0 Å². The lowest BCUT2D eigenvalue weighted by atomic mass is 10.2. The van der Waals surface area contributed by atoms with Crippen LogP contribution in [0.1, 0.15) is 26.7 Å². The first kappa shape index (κ1) is 21.0. The van der Waals surface area contributed by atoms with Crippen LogP contribution in [0.4, 0.5) is 18.9 Å². The zero-order valence-corrected chi connectivity index (χ0v) is 15.8. The molecule has 2 heterocycles. The van der Waals surface area contributed by atoms with Crippen molar-refractivity contribution in [1.82, 2.24) is 19.8 Å². The normalized spacial score (nSPS) is 11.2. The molecule has 0 aliphatic heterocycles. The molecule has 0 atom stereocenters. The van der Waals surface area contributed by atoms with Crippen molar-refractivity contribution in [2.45, 2.75) is 6.18 Å². The lowest BCUT2D eigenvalue weighted by Gasteiger charge is -2.13. The molecule has 0 saturated carbocycles. The number of alkyl halides is 3. The third-order valence-electron chi connectivity index (χ3n) is 4.02. The Balaban J connectivity index is 1.97. The maximum absolute atomic E-state index is 12.9. The molecule has 3 aromatic rings. The molecule has 0 bridgehead atoms. The fraction of sp³-hybridized carbons (Fsp3) is 0.158. The van der Waals surface area contributed by atoms with Gasteiger partial charge < -0.3 is 5.32 Å². The van der Waals surface area contributed by atoms with Gasteiger partial charge in [-0.1, -0.05) is 24.3 Å². The van der Waals surface area contributed by atoms with Crippen molar-refractivity contribution in [2.75, 3.05) is 19.5 Å². The van der Waals surface area contributed by atoms with Gasteiger partial charge in [0.1, 0.15) is 11.4 Å². The number of pyridine rings is 1. The fourth-order valence-corrected chi connectivity index (χ4v) is 2.47. The molecule has 156 valence electrons. The molecular weight excluding hydrogens is 403 g/mol. The van der Waals surface area contributed by atoms with Gasteiger partial charge >= 0.3 is 6.18 Å². The van der Waals surface area contributed by atoms with Gasteiger partial charge in [0.2, 0.25) is 0 Å². The van der Waals surface area contributed by atoms with Crippen molar-refractivity contribution < 1.29 is 27.6 Å². The van der Waals surface area contributed by atoms with Crippen LogP contribution in [0.15, 0.2) is 54.7 Å². The number of hydrogen-bond donors (Lipinski definition) is 1. The van der Waals surface area contributed by atoms with E-state index in [2.05, 4.69) is 15.4 Å². The fourth-order valence-electron chi connectivity index (χ4n) is 2.47. The second-order valence-corrected chi connectivity index (χ2v) is 6.02. The molecule has 11 heteroatoms. The number of hydroxylamine groups is 2. The Morgan fingerprint density at radius 3 is 2.43 bits per heavy atom. The van der Waals surface area contributed by atoms with Gasteiger partial charge in [0.05, 0.1) is 24.7 Å². The summed E-state index contributed by atoms with van der Waals surface area (Å²) in [5, 5.41) is 7.48. The first-order valence-corrected chi connectivity index (χ1v) is 8.53. The number of benzene rings is 1. The van der Waals surface area contributed by atoms with Gasteiger partial charge in [0.25, 0.3) is 11.8 Å². The van der Waals surface area contributed by atoms with Crippen molar-refractivity contribution in [2.24, 2.45) is 0 Å². The van der Waals surface area contributed by atoms with Gasteiger partial charge in [-0.25, -0.2) is 14.7 Å². The highest BCUT2D eigenvalue weighted by atomic mass is 19.4. The maximum Gasteiger partial charge on any atom is 0.433 e. The van der Waals surface area contributed by atoms with E-state index in [-0.39, 0.29) is 11.4 Å². The zero-order chi connectivity index (χ0) is 21.9. The number of carbonyl (C=O) groups excluding carboxylic acids is 2. The number of aromatic nitrogens is 3. The molecule has 8 nitrogen and oxygen atoms in total. The zero-order valence-electron chi connectivity index (χ0n) is 15.8. The van der Waals surface area contributed by atoms with Crippen molar-refractivity contribution in [3.05, 3.63) is 71.8 Å². The minimum Gasteiger partial charge on any atom is -0.317 e. The highest BCUT2D eigenvalue weighted by Crippen LogP contribution is 2.27. The second kappa shape index (κ2) is 8.33. The number of para-hydroxylation sites is 1. The van der Waals surface area contributed by atoms with Crippen molar-refractivity contribution in [3.8, 4) is 5.69 Å². The van der Waals surface area contributed by atoms with Gasteiger partial charge in [-0.3, -0.25) is 14.4 Å². The molecule has 0 saturated heterocycles. The van der Waals surface area contributed by atoms with E-state index in [9.17, 15) is 22.8 Å². The van der Waals surface area contributed by atoms with E-state index in [1.54, 1.807) is 30.3 Å². The van der Waals surface area contributed by atoms with Crippen LogP contribution in [0.5, 0.6) is 0 Å². The van der Waals surface area contributed by atoms with Crippen molar-refractivity contribution in [3.63, 3.8) is 0 Å². The molecule has 1 N–H and O–H groups in total. The Hall–Kier alpha value is -3.73. The standard InChI is InChI=1S/C19H16F3N5O3/c1-26(30-2)18(29)16-14(11-27(25-16)12-7-4-3-5-8-12)24-17(28)13-9-6-10-15(23-13)19(20,21)22/h3-11H,1-2H3,(H,24,28). The summed E-state index contributed by atoms with van der Waals surface area (Å²) in [4.78, 5) is 33.3. The minimum atomic E-state index is -4.70. The van der Waals surface area contributed by atoms with E-state index in [0.29, 0.717) is 5.69 Å². The summed E-state index contributed by atoms with van der Waals surface area (Å²) in [5.74, 6) is -1.60. The average molecular weight is 419 g/mol. The molecule has 30 heavy (non-hydrogen) atoms. The van der Waals surface area contributed by atoms with Crippen molar-refractivity contribution >= 4 is 17.5 Å². The first-order chi connectivity index (χ1) is 14.2. The van der Waals surface area contributed by atoms with Gasteiger partial charge in [-0.05, 0) is 24.3 Å². The molecular formula is C19H16F3N5O3. The monoisotopic (exact) mass is 419 g/mol. The molecule has 0 spiro atoms. The molecule has 3 rings (SSSR count). The largest absolute Gasteiger partial charge is 0.433 e. The summed E-state index contributed by atoms with van der Waals surface area (Å²) in [7, 11) is 2.63. The summed E-state index contributed by atoms with van der Waals surface area (Å²) < 4.78 is 40.0. The van der Waals surface area contributed by atoms with E-state index >= 15 is 0 Å². The topological polar surface area (TPSA) is 89.4 Å². The number of halogens is 3. The number of rotatable bonds is 5. The number of nitrogens with one attached hydrogen (secondary N) is 1. The molecule has 2 amide bonds. The Labute approximate surface area is 168 Å². The molecule has 0 fully saturated rings. The summed E-state index contributed by atoms with van der Waals surface area (Å²) in [6.07, 6.45) is -3.33. The Kier molecular flexibility index (Phi) is 5.83. The van der Waals surface area contributed by atoms with Crippen molar-refractivity contribution in [1.29, 1.82) is 0 Å². The number of nitrogens with zero attached hydrogens (tertiary/aromatic N) is 4. The highest BCUT2D eigenvalue weighted by molar-refractivity contribution is 6.07. The quantitative estimate of drug-likeness (QED) is 0.642. The van der Waals surface area contributed by atoms with Gasteiger partial charge in [0.15, 0.2) is 5.69 Å². The van der Waals surface area contributed by atoms with E-state index < -0.39 is 29.4 Å². The lowest BCUT2D eigenvalue weighted by Crippen LogP contribution is -2.27. The predicted octanol–water partition coefficient (Wildman–Crippen LogP) is 3.17. The van der Waals surface area contributed by atoms with Crippen LogP contribution in [0.2, 0.25) is 0 Å². The van der Waals surface area contributed by atoms with Gasteiger partial charge in [0, 0.05) is 7.05 Å². The minimum absolute atomic E-state index is 0.0167. The van der Waals surface area contributed by atoms with Gasteiger partial charge in [-0.2, -0.15) is 18.3 Å². The van der Waals surface area contributed by atoms with Crippen LogP contribution in [0.25, 0.3) is 5.69 Å². The first-order valence-electron chi connectivity index (χ1n) is 8.53. The second-order valence-electron chi connectivity index (χ2n) is 6.02. The van der Waals surface area contributed by atoms with Crippen LogP contribution in [0, 0.1) is 0 Å². The third-order valence-corrected chi connectivity index (χ3v) is 4.02. The van der Waals surface area contributed by atoms with Crippen LogP contribution < -0.4 is 5.32 Å². The van der Waals surface area contributed by atoms with Crippen LogP contribution in [0.3, 0.4) is 0 Å². The summed E-state index contributed by atoms with van der Waals surface area (Å²) in [6.45, 7) is 0. The molecule has 0 aliphatic rings. The SMILES string of the molecule is CON(C)C(=O)c1nn(-c2ccccc2)cc1NC(=O)c1cccc(C(F)(F)F)n1. The smallest absolute Gasteiger partial charge is 0.317 e. The third kappa shape index (κ3) is 4.46. The Morgan fingerprint density at radius 2 is 1.80 bits per heavy atom.